The summed E-state index contributed by atoms with van der Waals surface area (Å²) in [5.41, 5.74) is 0.891. The molecule has 0 unspecified atom stereocenters. The van der Waals surface area contributed by atoms with E-state index in [0.717, 1.165) is 0 Å². The van der Waals surface area contributed by atoms with Crippen LogP contribution in [0.4, 0.5) is 4.39 Å². The number of rotatable bonds is 7. The molecule has 146 valence electrons. The number of furan rings is 1. The molecule has 3 rings (SSSR count). The van der Waals surface area contributed by atoms with Crippen LogP contribution in [0.1, 0.15) is 30.1 Å². The fourth-order valence-corrected chi connectivity index (χ4v) is 2.67. The SMILES string of the molecule is CC(C)[C@@H](NC(=O)c1ccco1)C(=O)NCc1ccn(-c2ccccc2F)n1. The third-order valence-corrected chi connectivity index (χ3v) is 4.17. The first-order chi connectivity index (χ1) is 13.5. The molecule has 0 radical (unpaired) electrons. The van der Waals surface area contributed by atoms with Crippen LogP contribution >= 0.6 is 0 Å². The second-order valence-corrected chi connectivity index (χ2v) is 6.59. The number of benzene rings is 1. The van der Waals surface area contributed by atoms with Crippen molar-refractivity contribution in [2.24, 2.45) is 5.92 Å². The summed E-state index contributed by atoms with van der Waals surface area (Å²) in [6.07, 6.45) is 3.02. The van der Waals surface area contributed by atoms with Crippen LogP contribution in [0.2, 0.25) is 0 Å². The van der Waals surface area contributed by atoms with Crippen molar-refractivity contribution in [3.8, 4) is 5.69 Å². The van der Waals surface area contributed by atoms with Crippen LogP contribution in [-0.4, -0.2) is 27.6 Å². The zero-order chi connectivity index (χ0) is 20.1. The molecular formula is C20H21FN4O3. The molecule has 0 saturated heterocycles. The van der Waals surface area contributed by atoms with E-state index in [1.807, 2.05) is 13.8 Å². The van der Waals surface area contributed by atoms with Gasteiger partial charge in [0.15, 0.2) is 5.76 Å². The van der Waals surface area contributed by atoms with Gasteiger partial charge < -0.3 is 15.1 Å². The Morgan fingerprint density at radius 3 is 2.64 bits per heavy atom. The van der Waals surface area contributed by atoms with Gasteiger partial charge in [-0.05, 0) is 36.2 Å². The lowest BCUT2D eigenvalue weighted by atomic mass is 10.0. The largest absolute Gasteiger partial charge is 0.459 e. The minimum absolute atomic E-state index is 0.130. The Labute approximate surface area is 161 Å². The van der Waals surface area contributed by atoms with Crippen LogP contribution in [-0.2, 0) is 11.3 Å². The summed E-state index contributed by atoms with van der Waals surface area (Å²) >= 11 is 0. The molecule has 2 N–H and O–H groups in total. The summed E-state index contributed by atoms with van der Waals surface area (Å²) < 4.78 is 20.3. The third-order valence-electron chi connectivity index (χ3n) is 4.17. The molecule has 0 bridgehead atoms. The number of halogens is 1. The molecule has 3 aromatic rings. The van der Waals surface area contributed by atoms with Crippen molar-refractivity contribution in [3.63, 3.8) is 0 Å². The van der Waals surface area contributed by atoms with Crippen molar-refractivity contribution < 1.29 is 18.4 Å². The average Bonchev–Trinajstić information content (AvgIpc) is 3.36. The summed E-state index contributed by atoms with van der Waals surface area (Å²) in [6.45, 7) is 3.82. The second kappa shape index (κ2) is 8.51. The Morgan fingerprint density at radius 1 is 1.18 bits per heavy atom. The highest BCUT2D eigenvalue weighted by Crippen LogP contribution is 2.12. The quantitative estimate of drug-likeness (QED) is 0.655. The maximum Gasteiger partial charge on any atom is 0.287 e. The molecular weight excluding hydrogens is 363 g/mol. The zero-order valence-electron chi connectivity index (χ0n) is 15.6. The maximum absolute atomic E-state index is 13.9. The van der Waals surface area contributed by atoms with Crippen molar-refractivity contribution in [1.82, 2.24) is 20.4 Å². The van der Waals surface area contributed by atoms with E-state index in [-0.39, 0.29) is 29.9 Å². The molecule has 0 saturated carbocycles. The maximum atomic E-state index is 13.9. The number of hydrogen-bond donors (Lipinski definition) is 2. The van der Waals surface area contributed by atoms with E-state index in [1.165, 1.54) is 23.1 Å². The molecule has 1 aromatic carbocycles. The standard InChI is InChI=1S/C20H21FN4O3/c1-13(2)18(23-19(26)17-8-5-11-28-17)20(27)22-12-14-9-10-25(24-14)16-7-4-3-6-15(16)21/h3-11,13,18H,12H2,1-2H3,(H,22,27)(H,23,26)/t18-/m1/s1. The smallest absolute Gasteiger partial charge is 0.287 e. The van der Waals surface area contributed by atoms with Gasteiger partial charge in [0.1, 0.15) is 17.5 Å². The summed E-state index contributed by atoms with van der Waals surface area (Å²) in [5, 5.41) is 9.71. The van der Waals surface area contributed by atoms with E-state index >= 15 is 0 Å². The highest BCUT2D eigenvalue weighted by atomic mass is 19.1. The van der Waals surface area contributed by atoms with E-state index in [4.69, 9.17) is 4.42 Å². The summed E-state index contributed by atoms with van der Waals surface area (Å²) in [5.74, 6) is -1.17. The van der Waals surface area contributed by atoms with E-state index < -0.39 is 11.9 Å². The first-order valence-electron chi connectivity index (χ1n) is 8.87. The molecule has 2 amide bonds. The first kappa shape index (κ1) is 19.3. The number of nitrogens with zero attached hydrogens (tertiary/aromatic N) is 2. The Kier molecular flexibility index (Phi) is 5.88. The Hall–Kier alpha value is -3.42. The van der Waals surface area contributed by atoms with Gasteiger partial charge in [0.05, 0.1) is 18.5 Å². The first-order valence-corrected chi connectivity index (χ1v) is 8.87. The Bertz CT molecular complexity index is 950. The Morgan fingerprint density at radius 2 is 1.96 bits per heavy atom. The number of para-hydroxylation sites is 1. The fraction of sp³-hybridized carbons (Fsp3) is 0.250. The van der Waals surface area contributed by atoms with Gasteiger partial charge in [-0.3, -0.25) is 9.59 Å². The van der Waals surface area contributed by atoms with Crippen LogP contribution in [0.25, 0.3) is 5.69 Å². The topological polar surface area (TPSA) is 89.2 Å². The molecule has 0 aliphatic heterocycles. The molecule has 1 atom stereocenters. The molecule has 0 aliphatic carbocycles. The van der Waals surface area contributed by atoms with Gasteiger partial charge in [-0.25, -0.2) is 9.07 Å². The van der Waals surface area contributed by atoms with Crippen LogP contribution in [0, 0.1) is 11.7 Å². The van der Waals surface area contributed by atoms with E-state index in [0.29, 0.717) is 11.4 Å². The lowest BCUT2D eigenvalue weighted by Crippen LogP contribution is -2.49. The lowest BCUT2D eigenvalue weighted by molar-refractivity contribution is -0.124. The molecule has 2 aromatic heterocycles. The van der Waals surface area contributed by atoms with Gasteiger partial charge >= 0.3 is 0 Å². The number of hydrogen-bond acceptors (Lipinski definition) is 4. The normalized spacial score (nSPS) is 12.0. The molecule has 0 aliphatic rings. The Balaban J connectivity index is 1.62. The minimum atomic E-state index is -0.730. The number of nitrogens with one attached hydrogen (secondary N) is 2. The van der Waals surface area contributed by atoms with Gasteiger partial charge in [-0.2, -0.15) is 5.10 Å². The van der Waals surface area contributed by atoms with E-state index in [2.05, 4.69) is 15.7 Å². The summed E-state index contributed by atoms with van der Waals surface area (Å²) in [4.78, 5) is 24.7. The number of amides is 2. The van der Waals surface area contributed by atoms with Crippen LogP contribution < -0.4 is 10.6 Å². The second-order valence-electron chi connectivity index (χ2n) is 6.59. The highest BCUT2D eigenvalue weighted by molar-refractivity contribution is 5.95. The third kappa shape index (κ3) is 4.46. The minimum Gasteiger partial charge on any atom is -0.459 e. The van der Waals surface area contributed by atoms with Gasteiger partial charge in [0.25, 0.3) is 5.91 Å². The highest BCUT2D eigenvalue weighted by Gasteiger charge is 2.25. The van der Waals surface area contributed by atoms with Crippen molar-refractivity contribution in [1.29, 1.82) is 0 Å². The van der Waals surface area contributed by atoms with Crippen LogP contribution in [0.3, 0.4) is 0 Å². The predicted molar refractivity (Wildman–Crippen MR) is 100 cm³/mol. The fourth-order valence-electron chi connectivity index (χ4n) is 2.67. The van der Waals surface area contributed by atoms with Gasteiger partial charge in [0, 0.05) is 6.20 Å². The molecule has 28 heavy (non-hydrogen) atoms. The molecule has 0 spiro atoms. The van der Waals surface area contributed by atoms with Crippen LogP contribution in [0.5, 0.6) is 0 Å². The summed E-state index contributed by atoms with van der Waals surface area (Å²) in [6, 6.07) is 10.4. The van der Waals surface area contributed by atoms with Crippen molar-refractivity contribution in [3.05, 3.63) is 72.2 Å². The van der Waals surface area contributed by atoms with Crippen molar-refractivity contribution in [2.45, 2.75) is 26.4 Å². The number of aromatic nitrogens is 2. The number of carbonyl (C=O) groups is 2. The lowest BCUT2D eigenvalue weighted by Gasteiger charge is -2.21. The zero-order valence-corrected chi connectivity index (χ0v) is 15.6. The van der Waals surface area contributed by atoms with Gasteiger partial charge in [0.2, 0.25) is 5.91 Å². The van der Waals surface area contributed by atoms with Crippen LogP contribution in [0.15, 0.2) is 59.3 Å². The van der Waals surface area contributed by atoms with Crippen molar-refractivity contribution in [2.75, 3.05) is 0 Å². The number of carbonyl (C=O) groups excluding carboxylic acids is 2. The molecule has 7 nitrogen and oxygen atoms in total. The molecule has 2 heterocycles. The van der Waals surface area contributed by atoms with Crippen molar-refractivity contribution >= 4 is 11.8 Å². The van der Waals surface area contributed by atoms with E-state index in [9.17, 15) is 14.0 Å². The van der Waals surface area contributed by atoms with Gasteiger partial charge in [-0.15, -0.1) is 0 Å². The average molecular weight is 384 g/mol. The summed E-state index contributed by atoms with van der Waals surface area (Å²) in [7, 11) is 0. The van der Waals surface area contributed by atoms with E-state index in [1.54, 1.807) is 36.5 Å². The predicted octanol–water partition coefficient (Wildman–Crippen LogP) is 2.68. The molecule has 8 heteroatoms. The monoisotopic (exact) mass is 384 g/mol. The van der Waals surface area contributed by atoms with Gasteiger partial charge in [-0.1, -0.05) is 26.0 Å². The molecule has 0 fully saturated rings.